The van der Waals surface area contributed by atoms with Gasteiger partial charge in [0, 0.05) is 9.92 Å². The Balaban J connectivity index is 2.15. The Morgan fingerprint density at radius 2 is 2.06 bits per heavy atom. The van der Waals surface area contributed by atoms with Crippen molar-refractivity contribution in [3.05, 3.63) is 50.4 Å². The summed E-state index contributed by atoms with van der Waals surface area (Å²) in [5.74, 6) is 0.782. The zero-order valence-electron chi connectivity index (χ0n) is 8.83. The fourth-order valence-electron chi connectivity index (χ4n) is 1.24. The van der Waals surface area contributed by atoms with Gasteiger partial charge in [-0.1, -0.05) is 23.2 Å². The number of thioether (sulfide) groups is 1. The van der Waals surface area contributed by atoms with E-state index in [0.29, 0.717) is 27.3 Å². The van der Waals surface area contributed by atoms with Crippen molar-refractivity contribution < 1.29 is 8.83 Å². The Hall–Kier alpha value is -0.840. The van der Waals surface area contributed by atoms with E-state index in [2.05, 4.69) is 0 Å². The topological polar surface area (TPSA) is 43.4 Å². The summed E-state index contributed by atoms with van der Waals surface area (Å²) in [6.07, 6.45) is 0. The molecule has 0 aliphatic carbocycles. The molecular weight excluding hydrogens is 283 g/mol. The first-order valence-corrected chi connectivity index (χ1v) is 6.47. The normalized spacial score (nSPS) is 10.8. The van der Waals surface area contributed by atoms with E-state index in [1.165, 1.54) is 11.8 Å². The van der Waals surface area contributed by atoms with Crippen LogP contribution in [0.15, 0.2) is 36.7 Å². The molecule has 0 atom stereocenters. The molecule has 1 aromatic carbocycles. The second-order valence-electron chi connectivity index (χ2n) is 3.30. The molecule has 0 aliphatic heterocycles. The number of halogens is 2. The first-order valence-electron chi connectivity index (χ1n) is 4.73. The summed E-state index contributed by atoms with van der Waals surface area (Å²) >= 11 is 13.3. The van der Waals surface area contributed by atoms with Crippen LogP contribution in [0.2, 0.25) is 10.0 Å². The lowest BCUT2D eigenvalue weighted by atomic mass is 10.4. The van der Waals surface area contributed by atoms with Gasteiger partial charge in [0.1, 0.15) is 5.76 Å². The molecule has 17 heavy (non-hydrogen) atoms. The van der Waals surface area contributed by atoms with Crippen molar-refractivity contribution in [2.45, 2.75) is 17.6 Å². The Labute approximate surface area is 112 Å². The Morgan fingerprint density at radius 1 is 1.29 bits per heavy atom. The zero-order valence-corrected chi connectivity index (χ0v) is 11.2. The third-order valence-corrected chi connectivity index (χ3v) is 3.82. The van der Waals surface area contributed by atoms with Gasteiger partial charge in [-0.3, -0.25) is 0 Å². The summed E-state index contributed by atoms with van der Waals surface area (Å²) in [4.78, 5) is 11.7. The van der Waals surface area contributed by atoms with Crippen LogP contribution < -0.4 is 5.82 Å². The quantitative estimate of drug-likeness (QED) is 0.797. The summed E-state index contributed by atoms with van der Waals surface area (Å²) in [5.41, 5.74) is 0. The number of hydrogen-bond acceptors (Lipinski definition) is 4. The van der Waals surface area contributed by atoms with Crippen molar-refractivity contribution in [2.24, 2.45) is 0 Å². The average molecular weight is 291 g/mol. The van der Waals surface area contributed by atoms with Crippen molar-refractivity contribution in [1.82, 2.24) is 0 Å². The highest BCUT2D eigenvalue weighted by atomic mass is 35.5. The van der Waals surface area contributed by atoms with Gasteiger partial charge < -0.3 is 8.83 Å². The lowest BCUT2D eigenvalue weighted by Crippen LogP contribution is -1.86. The molecule has 2 rings (SSSR count). The molecule has 3 nitrogen and oxygen atoms in total. The molecule has 0 saturated heterocycles. The van der Waals surface area contributed by atoms with Gasteiger partial charge in [-0.05, 0) is 25.1 Å². The highest BCUT2D eigenvalue weighted by Crippen LogP contribution is 2.32. The molecule has 0 aliphatic rings. The molecule has 0 fully saturated rings. The maximum atomic E-state index is 10.9. The molecule has 0 amide bonds. The summed E-state index contributed by atoms with van der Waals surface area (Å²) < 4.78 is 9.65. The third kappa shape index (κ3) is 3.09. The van der Waals surface area contributed by atoms with Crippen LogP contribution in [-0.2, 0) is 5.75 Å². The van der Waals surface area contributed by atoms with Gasteiger partial charge in [0.2, 0.25) is 0 Å². The highest BCUT2D eigenvalue weighted by Gasteiger charge is 2.10. The van der Waals surface area contributed by atoms with Crippen LogP contribution in [-0.4, -0.2) is 0 Å². The number of hydrogen-bond donors (Lipinski definition) is 0. The minimum atomic E-state index is -0.685. The van der Waals surface area contributed by atoms with Crippen LogP contribution in [0.3, 0.4) is 0 Å². The second-order valence-corrected chi connectivity index (χ2v) is 5.16. The van der Waals surface area contributed by atoms with E-state index in [4.69, 9.17) is 32.0 Å². The summed E-state index contributed by atoms with van der Waals surface area (Å²) in [7, 11) is 0. The van der Waals surface area contributed by atoms with E-state index in [1.54, 1.807) is 25.1 Å². The van der Waals surface area contributed by atoms with E-state index in [0.717, 1.165) is 4.90 Å². The lowest BCUT2D eigenvalue weighted by molar-refractivity contribution is 0.372. The van der Waals surface area contributed by atoms with E-state index in [-0.39, 0.29) is 0 Å². The van der Waals surface area contributed by atoms with Crippen LogP contribution in [0.4, 0.5) is 0 Å². The SMILES string of the molecule is Cc1oc(=O)oc1CSc1cc(Cl)ccc1Cl. The van der Waals surface area contributed by atoms with Gasteiger partial charge >= 0.3 is 5.82 Å². The van der Waals surface area contributed by atoms with Crippen LogP contribution >= 0.6 is 35.0 Å². The van der Waals surface area contributed by atoms with Gasteiger partial charge in [0.15, 0.2) is 5.76 Å². The average Bonchev–Trinajstić information content (AvgIpc) is 2.59. The van der Waals surface area contributed by atoms with Crippen molar-refractivity contribution in [3.63, 3.8) is 0 Å². The van der Waals surface area contributed by atoms with Gasteiger partial charge in [-0.15, -0.1) is 11.8 Å². The van der Waals surface area contributed by atoms with Gasteiger partial charge in [-0.2, -0.15) is 0 Å². The first kappa shape index (κ1) is 12.6. The Morgan fingerprint density at radius 3 is 2.71 bits per heavy atom. The summed E-state index contributed by atoms with van der Waals surface area (Å²) in [6.45, 7) is 1.68. The lowest BCUT2D eigenvalue weighted by Gasteiger charge is -2.02. The third-order valence-electron chi connectivity index (χ3n) is 2.09. The van der Waals surface area contributed by atoms with Gasteiger partial charge in [0.25, 0.3) is 0 Å². The monoisotopic (exact) mass is 290 g/mol. The predicted octanol–water partition coefficient (Wildman–Crippen LogP) is 4.14. The fraction of sp³-hybridized carbons (Fsp3) is 0.182. The summed E-state index contributed by atoms with van der Waals surface area (Å²) in [6, 6.07) is 5.21. The molecule has 0 radical (unpaired) electrons. The Bertz CT molecular complexity index is 589. The van der Waals surface area contributed by atoms with Crippen molar-refractivity contribution in [2.75, 3.05) is 0 Å². The van der Waals surface area contributed by atoms with E-state index in [1.807, 2.05) is 0 Å². The zero-order chi connectivity index (χ0) is 12.4. The minimum absolute atomic E-state index is 0.470. The van der Waals surface area contributed by atoms with Crippen LogP contribution in [0, 0.1) is 6.92 Å². The number of benzene rings is 1. The van der Waals surface area contributed by atoms with Crippen LogP contribution in [0.1, 0.15) is 11.5 Å². The van der Waals surface area contributed by atoms with Crippen molar-refractivity contribution >= 4 is 35.0 Å². The van der Waals surface area contributed by atoms with Gasteiger partial charge in [0.05, 0.1) is 10.8 Å². The van der Waals surface area contributed by atoms with E-state index >= 15 is 0 Å². The van der Waals surface area contributed by atoms with Crippen LogP contribution in [0.25, 0.3) is 0 Å². The van der Waals surface area contributed by atoms with Crippen molar-refractivity contribution in [1.29, 1.82) is 0 Å². The van der Waals surface area contributed by atoms with E-state index in [9.17, 15) is 4.79 Å². The van der Waals surface area contributed by atoms with Crippen LogP contribution in [0.5, 0.6) is 0 Å². The maximum absolute atomic E-state index is 10.9. The standard InChI is InChI=1S/C11H8Cl2O3S/c1-6-9(16-11(14)15-6)5-17-10-4-7(12)2-3-8(10)13/h2-4H,5H2,1H3. The first-order chi connectivity index (χ1) is 8.06. The molecule has 0 N–H and O–H groups in total. The van der Waals surface area contributed by atoms with Gasteiger partial charge in [-0.25, -0.2) is 4.79 Å². The molecular formula is C11H8Cl2O3S. The highest BCUT2D eigenvalue weighted by molar-refractivity contribution is 7.98. The largest absolute Gasteiger partial charge is 0.519 e. The molecule has 0 saturated carbocycles. The smallest absolute Gasteiger partial charge is 0.396 e. The molecule has 6 heteroatoms. The summed E-state index contributed by atoms with van der Waals surface area (Å²) in [5, 5.41) is 1.23. The van der Waals surface area contributed by atoms with Crippen molar-refractivity contribution in [3.8, 4) is 0 Å². The molecule has 1 aromatic heterocycles. The fourth-order valence-corrected chi connectivity index (χ4v) is 2.72. The number of aryl methyl sites for hydroxylation is 1. The molecule has 0 bridgehead atoms. The predicted molar refractivity (Wildman–Crippen MR) is 68.0 cm³/mol. The van der Waals surface area contributed by atoms with E-state index < -0.39 is 5.82 Å². The number of rotatable bonds is 3. The molecule has 1 heterocycles. The Kier molecular flexibility index (Phi) is 3.86. The second kappa shape index (κ2) is 5.21. The molecule has 0 spiro atoms. The molecule has 0 unspecified atom stereocenters. The molecule has 2 aromatic rings. The minimum Gasteiger partial charge on any atom is -0.396 e. The maximum Gasteiger partial charge on any atom is 0.519 e. The molecule has 90 valence electrons.